The number of halogens is 1. The van der Waals surface area contributed by atoms with E-state index in [0.717, 1.165) is 11.6 Å². The molecule has 0 amide bonds. The van der Waals surface area contributed by atoms with E-state index in [1.165, 1.54) is 29.5 Å². The van der Waals surface area contributed by atoms with E-state index < -0.39 is 0 Å². The van der Waals surface area contributed by atoms with Crippen molar-refractivity contribution >= 4 is 11.6 Å². The van der Waals surface area contributed by atoms with Crippen LogP contribution in [0.25, 0.3) is 0 Å². The molecule has 0 aromatic heterocycles. The molecule has 0 saturated carbocycles. The first-order chi connectivity index (χ1) is 6.72. The molecule has 0 spiro atoms. The third-order valence-corrected chi connectivity index (χ3v) is 3.20. The first-order valence-electron chi connectivity index (χ1n) is 5.24. The van der Waals surface area contributed by atoms with Crippen LogP contribution in [-0.2, 0) is 6.42 Å². The summed E-state index contributed by atoms with van der Waals surface area (Å²) >= 11 is 6.07. The lowest BCUT2D eigenvalue weighted by molar-refractivity contribution is 0.549. The minimum absolute atomic E-state index is 0.521. The topological polar surface area (TPSA) is 12.0 Å². The Hall–Kier alpha value is -0.530. The fourth-order valence-electron chi connectivity index (χ4n) is 2.35. The van der Waals surface area contributed by atoms with Gasteiger partial charge in [-0.3, -0.25) is 0 Å². The Morgan fingerprint density at radius 2 is 2.29 bits per heavy atom. The molecule has 2 rings (SSSR count). The summed E-state index contributed by atoms with van der Waals surface area (Å²) < 4.78 is 0. The smallest absolute Gasteiger partial charge is 0.0412 e. The lowest BCUT2D eigenvalue weighted by Crippen LogP contribution is -2.18. The molecule has 1 atom stereocenters. The molecule has 0 radical (unpaired) electrons. The van der Waals surface area contributed by atoms with Gasteiger partial charge in [-0.2, -0.15) is 0 Å². The number of rotatable bonds is 2. The summed E-state index contributed by atoms with van der Waals surface area (Å²) in [4.78, 5) is 0. The number of fused-ring (bicyclic) bond motifs is 1. The maximum absolute atomic E-state index is 6.07. The van der Waals surface area contributed by atoms with Crippen LogP contribution in [0.15, 0.2) is 12.1 Å². The third kappa shape index (κ3) is 1.67. The Morgan fingerprint density at radius 1 is 1.50 bits per heavy atom. The first kappa shape index (κ1) is 10.0. The van der Waals surface area contributed by atoms with Crippen molar-refractivity contribution in [2.45, 2.75) is 32.7 Å². The summed E-state index contributed by atoms with van der Waals surface area (Å²) in [6.07, 6.45) is 2.40. The van der Waals surface area contributed by atoms with Crippen LogP contribution in [0.2, 0.25) is 5.02 Å². The fraction of sp³-hybridized carbons (Fsp3) is 0.500. The summed E-state index contributed by atoms with van der Waals surface area (Å²) in [5.41, 5.74) is 4.25. The maximum atomic E-state index is 6.07. The minimum atomic E-state index is 0.521. The average molecular weight is 210 g/mol. The van der Waals surface area contributed by atoms with Gasteiger partial charge in [0.2, 0.25) is 0 Å². The highest BCUT2D eigenvalue weighted by Gasteiger charge is 2.23. The highest BCUT2D eigenvalue weighted by molar-refractivity contribution is 6.30. The molecule has 1 nitrogen and oxygen atoms in total. The SMILES string of the molecule is CCNC1CCc2c(C)cc(Cl)cc21. The normalized spacial score (nSPS) is 19.8. The second-order valence-electron chi connectivity index (χ2n) is 3.94. The van der Waals surface area contributed by atoms with Crippen LogP contribution in [-0.4, -0.2) is 6.54 Å². The van der Waals surface area contributed by atoms with Crippen molar-refractivity contribution in [2.75, 3.05) is 6.54 Å². The summed E-state index contributed by atoms with van der Waals surface area (Å²) in [7, 11) is 0. The van der Waals surface area contributed by atoms with Gasteiger partial charge in [-0.15, -0.1) is 0 Å². The molecule has 0 aliphatic heterocycles. The Kier molecular flexibility index (Phi) is 2.80. The summed E-state index contributed by atoms with van der Waals surface area (Å²) in [6, 6.07) is 4.70. The third-order valence-electron chi connectivity index (χ3n) is 2.98. The van der Waals surface area contributed by atoms with Gasteiger partial charge in [0.1, 0.15) is 0 Å². The zero-order chi connectivity index (χ0) is 10.1. The van der Waals surface area contributed by atoms with E-state index in [4.69, 9.17) is 11.6 Å². The highest BCUT2D eigenvalue weighted by atomic mass is 35.5. The van der Waals surface area contributed by atoms with Crippen LogP contribution in [0.3, 0.4) is 0 Å². The largest absolute Gasteiger partial charge is 0.310 e. The molecule has 0 bridgehead atoms. The minimum Gasteiger partial charge on any atom is -0.310 e. The Labute approximate surface area is 90.5 Å². The predicted molar refractivity (Wildman–Crippen MR) is 60.9 cm³/mol. The van der Waals surface area contributed by atoms with Gasteiger partial charge >= 0.3 is 0 Å². The van der Waals surface area contributed by atoms with Gasteiger partial charge in [-0.25, -0.2) is 0 Å². The summed E-state index contributed by atoms with van der Waals surface area (Å²) in [5, 5.41) is 4.36. The Morgan fingerprint density at radius 3 is 3.00 bits per heavy atom. The second kappa shape index (κ2) is 3.92. The zero-order valence-electron chi connectivity index (χ0n) is 8.73. The Balaban J connectivity index is 2.38. The van der Waals surface area contributed by atoms with E-state index in [9.17, 15) is 0 Å². The monoisotopic (exact) mass is 209 g/mol. The maximum Gasteiger partial charge on any atom is 0.0412 e. The summed E-state index contributed by atoms with van der Waals surface area (Å²) in [5.74, 6) is 0. The van der Waals surface area contributed by atoms with E-state index in [0.29, 0.717) is 6.04 Å². The van der Waals surface area contributed by atoms with Crippen LogP contribution >= 0.6 is 11.6 Å². The standard InChI is InChI=1S/C12H16ClN/c1-3-14-12-5-4-10-8(2)6-9(13)7-11(10)12/h6-7,12,14H,3-5H2,1-2H3. The van der Waals surface area contributed by atoms with Crippen molar-refractivity contribution in [3.63, 3.8) is 0 Å². The van der Waals surface area contributed by atoms with Gasteiger partial charge in [-0.1, -0.05) is 18.5 Å². The molecule has 0 heterocycles. The predicted octanol–water partition coefficient (Wildman–Crippen LogP) is 3.25. The van der Waals surface area contributed by atoms with Gasteiger partial charge in [0.15, 0.2) is 0 Å². The molecular weight excluding hydrogens is 194 g/mol. The van der Waals surface area contributed by atoms with Crippen molar-refractivity contribution in [3.8, 4) is 0 Å². The number of hydrogen-bond acceptors (Lipinski definition) is 1. The van der Waals surface area contributed by atoms with E-state index in [1.807, 2.05) is 0 Å². The van der Waals surface area contributed by atoms with Crippen molar-refractivity contribution in [2.24, 2.45) is 0 Å². The van der Waals surface area contributed by atoms with Gasteiger partial charge in [0.25, 0.3) is 0 Å². The van der Waals surface area contributed by atoms with Crippen LogP contribution in [0.1, 0.15) is 36.1 Å². The number of aryl methyl sites for hydroxylation is 1. The van der Waals surface area contributed by atoms with Crippen molar-refractivity contribution in [3.05, 3.63) is 33.8 Å². The lowest BCUT2D eigenvalue weighted by Gasteiger charge is -2.13. The number of benzene rings is 1. The molecule has 1 aliphatic rings. The van der Waals surface area contributed by atoms with Gasteiger partial charge < -0.3 is 5.32 Å². The molecule has 1 aromatic rings. The quantitative estimate of drug-likeness (QED) is 0.789. The Bertz CT molecular complexity index is 346. The van der Waals surface area contributed by atoms with Crippen LogP contribution in [0.4, 0.5) is 0 Å². The molecule has 1 aromatic carbocycles. The molecule has 1 N–H and O–H groups in total. The van der Waals surface area contributed by atoms with E-state index in [1.54, 1.807) is 0 Å². The van der Waals surface area contributed by atoms with Gasteiger partial charge in [-0.05, 0) is 55.1 Å². The van der Waals surface area contributed by atoms with Crippen LogP contribution in [0.5, 0.6) is 0 Å². The molecular formula is C12H16ClN. The van der Waals surface area contributed by atoms with E-state index in [-0.39, 0.29) is 0 Å². The molecule has 14 heavy (non-hydrogen) atoms. The number of hydrogen-bond donors (Lipinski definition) is 1. The number of nitrogens with one attached hydrogen (secondary N) is 1. The average Bonchev–Trinajstić information content (AvgIpc) is 2.49. The van der Waals surface area contributed by atoms with Crippen LogP contribution in [0, 0.1) is 6.92 Å². The molecule has 1 aliphatic carbocycles. The van der Waals surface area contributed by atoms with Crippen molar-refractivity contribution < 1.29 is 0 Å². The lowest BCUT2D eigenvalue weighted by atomic mass is 10.0. The first-order valence-corrected chi connectivity index (χ1v) is 5.62. The van der Waals surface area contributed by atoms with E-state index in [2.05, 4.69) is 31.3 Å². The van der Waals surface area contributed by atoms with Gasteiger partial charge in [0.05, 0.1) is 0 Å². The van der Waals surface area contributed by atoms with Crippen molar-refractivity contribution in [1.29, 1.82) is 0 Å². The highest BCUT2D eigenvalue weighted by Crippen LogP contribution is 2.35. The second-order valence-corrected chi connectivity index (χ2v) is 4.38. The molecule has 0 saturated heterocycles. The van der Waals surface area contributed by atoms with Gasteiger partial charge in [0, 0.05) is 11.1 Å². The summed E-state index contributed by atoms with van der Waals surface area (Å²) in [6.45, 7) is 5.32. The molecule has 1 unspecified atom stereocenters. The molecule has 0 fully saturated rings. The zero-order valence-corrected chi connectivity index (χ0v) is 9.49. The molecule has 2 heteroatoms. The van der Waals surface area contributed by atoms with Crippen LogP contribution < -0.4 is 5.32 Å². The molecule has 76 valence electrons. The fourth-order valence-corrected chi connectivity index (χ4v) is 2.64. The van der Waals surface area contributed by atoms with E-state index >= 15 is 0 Å². The van der Waals surface area contributed by atoms with Crippen molar-refractivity contribution in [1.82, 2.24) is 5.32 Å².